The van der Waals surface area contributed by atoms with E-state index >= 15 is 0 Å². The number of hydrogen-bond acceptors (Lipinski definition) is 4. The maximum Gasteiger partial charge on any atom is 0.155 e. The van der Waals surface area contributed by atoms with Gasteiger partial charge in [-0.05, 0) is 23.8 Å². The molecule has 0 unspecified atom stereocenters. The second-order valence-corrected chi connectivity index (χ2v) is 4.14. The quantitative estimate of drug-likeness (QED) is 0.804. The number of benzene rings is 1. The maximum absolute atomic E-state index is 8.98. The Hall–Kier alpha value is -2.25. The Kier molecular flexibility index (Phi) is 4.22. The standard InChI is InChI=1S/C14H11ClN2O2/c1-18-12-4-2-10(3-5-12)9-19-13-8-17-14(15)6-11(13)7-16/h2-6,8H,9H2,1H3. The summed E-state index contributed by atoms with van der Waals surface area (Å²) in [6.45, 7) is 0.349. The molecule has 1 aromatic carbocycles. The molecule has 4 nitrogen and oxygen atoms in total. The van der Waals surface area contributed by atoms with Crippen LogP contribution < -0.4 is 9.47 Å². The monoisotopic (exact) mass is 274 g/mol. The predicted molar refractivity (Wildman–Crippen MR) is 71.3 cm³/mol. The van der Waals surface area contributed by atoms with Crippen molar-refractivity contribution in [3.63, 3.8) is 0 Å². The highest BCUT2D eigenvalue weighted by atomic mass is 35.5. The van der Waals surface area contributed by atoms with E-state index in [0.29, 0.717) is 17.9 Å². The number of halogens is 1. The van der Waals surface area contributed by atoms with Crippen LogP contribution >= 0.6 is 11.6 Å². The first-order valence-corrected chi connectivity index (χ1v) is 5.92. The fraction of sp³-hybridized carbons (Fsp3) is 0.143. The van der Waals surface area contributed by atoms with Gasteiger partial charge in [-0.1, -0.05) is 23.7 Å². The molecule has 2 aromatic rings. The Bertz CT molecular complexity index is 606. The van der Waals surface area contributed by atoms with Gasteiger partial charge in [-0.25, -0.2) is 4.98 Å². The molecule has 2 rings (SSSR count). The zero-order valence-corrected chi connectivity index (χ0v) is 11.0. The van der Waals surface area contributed by atoms with Crippen molar-refractivity contribution in [2.24, 2.45) is 0 Å². The van der Waals surface area contributed by atoms with Crippen molar-refractivity contribution in [3.8, 4) is 17.6 Å². The molecule has 5 heteroatoms. The Morgan fingerprint density at radius 3 is 2.68 bits per heavy atom. The third-order valence-electron chi connectivity index (χ3n) is 2.51. The topological polar surface area (TPSA) is 55.1 Å². The van der Waals surface area contributed by atoms with Crippen LogP contribution in [-0.4, -0.2) is 12.1 Å². The molecule has 0 spiro atoms. The lowest BCUT2D eigenvalue weighted by molar-refractivity contribution is 0.304. The molecule has 0 saturated carbocycles. The summed E-state index contributed by atoms with van der Waals surface area (Å²) in [5.74, 6) is 1.21. The van der Waals surface area contributed by atoms with E-state index in [1.165, 1.54) is 12.3 Å². The zero-order chi connectivity index (χ0) is 13.7. The highest BCUT2D eigenvalue weighted by Gasteiger charge is 2.05. The summed E-state index contributed by atoms with van der Waals surface area (Å²) in [4.78, 5) is 3.90. The molecule has 0 aliphatic heterocycles. The number of nitriles is 1. The summed E-state index contributed by atoms with van der Waals surface area (Å²) in [7, 11) is 1.62. The van der Waals surface area contributed by atoms with Crippen molar-refractivity contribution in [2.75, 3.05) is 7.11 Å². The first kappa shape index (κ1) is 13.2. The lowest BCUT2D eigenvalue weighted by atomic mass is 10.2. The van der Waals surface area contributed by atoms with Gasteiger partial charge in [-0.15, -0.1) is 0 Å². The van der Waals surface area contributed by atoms with Gasteiger partial charge in [0.1, 0.15) is 23.6 Å². The third kappa shape index (κ3) is 3.36. The first-order valence-electron chi connectivity index (χ1n) is 5.54. The van der Waals surface area contributed by atoms with Crippen LogP contribution in [0, 0.1) is 11.3 Å². The van der Waals surface area contributed by atoms with Crippen molar-refractivity contribution in [1.82, 2.24) is 4.98 Å². The zero-order valence-electron chi connectivity index (χ0n) is 10.3. The van der Waals surface area contributed by atoms with Crippen molar-refractivity contribution in [1.29, 1.82) is 5.26 Å². The molecule has 0 N–H and O–H groups in total. The number of aromatic nitrogens is 1. The minimum Gasteiger partial charge on any atom is -0.497 e. The Morgan fingerprint density at radius 2 is 2.05 bits per heavy atom. The highest BCUT2D eigenvalue weighted by Crippen LogP contribution is 2.21. The number of pyridine rings is 1. The molecular formula is C14H11ClN2O2. The fourth-order valence-corrected chi connectivity index (χ4v) is 1.66. The number of ether oxygens (including phenoxy) is 2. The Balaban J connectivity index is 2.08. The number of methoxy groups -OCH3 is 1. The summed E-state index contributed by atoms with van der Waals surface area (Å²) < 4.78 is 10.6. The summed E-state index contributed by atoms with van der Waals surface area (Å²) in [6.07, 6.45) is 1.45. The van der Waals surface area contributed by atoms with Crippen LogP contribution in [0.25, 0.3) is 0 Å². The van der Waals surface area contributed by atoms with Gasteiger partial charge < -0.3 is 9.47 Å². The van der Waals surface area contributed by atoms with Gasteiger partial charge in [-0.2, -0.15) is 5.26 Å². The van der Waals surface area contributed by atoms with Crippen LogP contribution in [0.15, 0.2) is 36.5 Å². The van der Waals surface area contributed by atoms with Crippen molar-refractivity contribution < 1.29 is 9.47 Å². The van der Waals surface area contributed by atoms with Gasteiger partial charge in [0, 0.05) is 0 Å². The molecule has 0 saturated heterocycles. The number of hydrogen-bond donors (Lipinski definition) is 0. The van der Waals surface area contributed by atoms with Crippen molar-refractivity contribution in [2.45, 2.75) is 6.61 Å². The van der Waals surface area contributed by atoms with E-state index in [1.807, 2.05) is 30.3 Å². The molecule has 1 heterocycles. The Morgan fingerprint density at radius 1 is 1.32 bits per heavy atom. The third-order valence-corrected chi connectivity index (χ3v) is 2.71. The summed E-state index contributed by atoms with van der Waals surface area (Å²) >= 11 is 5.71. The molecule has 0 radical (unpaired) electrons. The minimum absolute atomic E-state index is 0.272. The molecule has 0 atom stereocenters. The van der Waals surface area contributed by atoms with Crippen LogP contribution in [0.3, 0.4) is 0 Å². The predicted octanol–water partition coefficient (Wildman–Crippen LogP) is 3.19. The highest BCUT2D eigenvalue weighted by molar-refractivity contribution is 6.29. The van der Waals surface area contributed by atoms with Crippen molar-refractivity contribution >= 4 is 11.6 Å². The largest absolute Gasteiger partial charge is 0.497 e. The van der Waals surface area contributed by atoms with Gasteiger partial charge in [-0.3, -0.25) is 0 Å². The maximum atomic E-state index is 8.98. The normalized spacial score (nSPS) is 9.74. The molecule has 1 aromatic heterocycles. The van der Waals surface area contributed by atoms with Crippen molar-refractivity contribution in [3.05, 3.63) is 52.8 Å². The van der Waals surface area contributed by atoms with Crippen LogP contribution in [0.1, 0.15) is 11.1 Å². The van der Waals surface area contributed by atoms with E-state index in [4.69, 9.17) is 26.3 Å². The van der Waals surface area contributed by atoms with Gasteiger partial charge in [0.2, 0.25) is 0 Å². The number of nitrogens with zero attached hydrogens (tertiary/aromatic N) is 2. The molecule has 0 fully saturated rings. The van der Waals surface area contributed by atoms with E-state index < -0.39 is 0 Å². The molecule has 0 amide bonds. The van der Waals surface area contributed by atoms with Gasteiger partial charge in [0.15, 0.2) is 5.75 Å². The molecular weight excluding hydrogens is 264 g/mol. The van der Waals surface area contributed by atoms with Crippen LogP contribution in [-0.2, 0) is 6.61 Å². The van der Waals surface area contributed by atoms with E-state index in [-0.39, 0.29) is 5.15 Å². The van der Waals surface area contributed by atoms with E-state index in [2.05, 4.69) is 4.98 Å². The average molecular weight is 275 g/mol. The second-order valence-electron chi connectivity index (χ2n) is 3.75. The molecule has 0 bridgehead atoms. The van der Waals surface area contributed by atoms with Gasteiger partial charge in [0.05, 0.1) is 18.9 Å². The number of rotatable bonds is 4. The lowest BCUT2D eigenvalue weighted by Crippen LogP contribution is -1.98. The molecule has 96 valence electrons. The minimum atomic E-state index is 0.272. The van der Waals surface area contributed by atoms with E-state index in [0.717, 1.165) is 11.3 Å². The van der Waals surface area contributed by atoms with Crippen LogP contribution in [0.2, 0.25) is 5.15 Å². The molecule has 0 aliphatic carbocycles. The lowest BCUT2D eigenvalue weighted by Gasteiger charge is -2.08. The van der Waals surface area contributed by atoms with Crippen LogP contribution in [0.4, 0.5) is 0 Å². The van der Waals surface area contributed by atoms with E-state index in [9.17, 15) is 0 Å². The molecule has 0 aliphatic rings. The Labute approximate surface area is 116 Å². The SMILES string of the molecule is COc1ccc(COc2cnc(Cl)cc2C#N)cc1. The summed E-state index contributed by atoms with van der Waals surface area (Å²) in [5.41, 5.74) is 1.34. The fourth-order valence-electron chi connectivity index (χ4n) is 1.50. The van der Waals surface area contributed by atoms with Gasteiger partial charge in [0.25, 0.3) is 0 Å². The second kappa shape index (κ2) is 6.07. The smallest absolute Gasteiger partial charge is 0.155 e. The first-order chi connectivity index (χ1) is 9.22. The van der Waals surface area contributed by atoms with E-state index in [1.54, 1.807) is 7.11 Å². The average Bonchev–Trinajstić information content (AvgIpc) is 2.46. The molecule has 19 heavy (non-hydrogen) atoms. The van der Waals surface area contributed by atoms with Gasteiger partial charge >= 0.3 is 0 Å². The summed E-state index contributed by atoms with van der Waals surface area (Å²) in [5, 5.41) is 9.25. The summed E-state index contributed by atoms with van der Waals surface area (Å²) in [6, 6.07) is 11.0. The van der Waals surface area contributed by atoms with Crippen LogP contribution in [0.5, 0.6) is 11.5 Å².